The first-order valence-corrected chi connectivity index (χ1v) is 10.3. The predicted octanol–water partition coefficient (Wildman–Crippen LogP) is 5.96. The van der Waals surface area contributed by atoms with Gasteiger partial charge in [-0.2, -0.15) is 0 Å². The lowest BCUT2D eigenvalue weighted by Gasteiger charge is -2.18. The molecule has 154 valence electrons. The largest absolute Gasteiger partial charge is 0.386 e. The molecule has 3 nitrogen and oxygen atoms in total. The zero-order valence-electron chi connectivity index (χ0n) is 17.1. The van der Waals surface area contributed by atoms with E-state index in [1.54, 1.807) is 18.3 Å². The lowest BCUT2D eigenvalue weighted by Crippen LogP contribution is -2.20. The second-order valence-electron chi connectivity index (χ2n) is 7.66. The Morgan fingerprint density at radius 1 is 1.07 bits per heavy atom. The molecule has 0 saturated heterocycles. The molecule has 0 fully saturated rings. The van der Waals surface area contributed by atoms with E-state index in [1.165, 1.54) is 12.1 Å². The van der Waals surface area contributed by atoms with Crippen molar-refractivity contribution in [1.82, 2.24) is 15.6 Å². The van der Waals surface area contributed by atoms with Crippen molar-refractivity contribution in [3.63, 3.8) is 0 Å². The summed E-state index contributed by atoms with van der Waals surface area (Å²) >= 11 is 0. The van der Waals surface area contributed by atoms with Gasteiger partial charge in [-0.25, -0.2) is 8.78 Å². The quantitative estimate of drug-likeness (QED) is 0.531. The summed E-state index contributed by atoms with van der Waals surface area (Å²) in [7, 11) is 0. The third kappa shape index (κ3) is 4.20. The maximum atomic E-state index is 15.0. The SMILES string of the molecule is CC[C@H]1CC(NC(C)c2cc(F)c(-c3ccnc(-c4ccccc4)c3)cc2F)=CN1. The topological polar surface area (TPSA) is 37.0 Å². The molecule has 0 spiro atoms. The van der Waals surface area contributed by atoms with Crippen LogP contribution in [0.4, 0.5) is 8.78 Å². The van der Waals surface area contributed by atoms with Crippen molar-refractivity contribution in [2.45, 2.75) is 38.8 Å². The van der Waals surface area contributed by atoms with Gasteiger partial charge in [0.2, 0.25) is 0 Å². The molecule has 0 saturated carbocycles. The van der Waals surface area contributed by atoms with Crippen molar-refractivity contribution in [2.75, 3.05) is 0 Å². The Labute approximate surface area is 175 Å². The van der Waals surface area contributed by atoms with E-state index < -0.39 is 11.6 Å². The molecule has 5 heteroatoms. The van der Waals surface area contributed by atoms with Crippen molar-refractivity contribution in [2.24, 2.45) is 0 Å². The maximum absolute atomic E-state index is 15.0. The van der Waals surface area contributed by atoms with Crippen LogP contribution < -0.4 is 10.6 Å². The van der Waals surface area contributed by atoms with Gasteiger partial charge < -0.3 is 10.6 Å². The summed E-state index contributed by atoms with van der Waals surface area (Å²) < 4.78 is 29.9. The van der Waals surface area contributed by atoms with Crippen LogP contribution in [-0.2, 0) is 0 Å². The van der Waals surface area contributed by atoms with Gasteiger partial charge in [-0.15, -0.1) is 0 Å². The fraction of sp³-hybridized carbons (Fsp3) is 0.240. The Morgan fingerprint density at radius 2 is 1.87 bits per heavy atom. The second-order valence-corrected chi connectivity index (χ2v) is 7.66. The normalized spacial score (nSPS) is 16.7. The number of nitrogens with one attached hydrogen (secondary N) is 2. The van der Waals surface area contributed by atoms with Crippen LogP contribution >= 0.6 is 0 Å². The van der Waals surface area contributed by atoms with Crippen molar-refractivity contribution in [1.29, 1.82) is 0 Å². The number of nitrogens with zero attached hydrogens (tertiary/aromatic N) is 1. The number of aromatic nitrogens is 1. The molecule has 4 rings (SSSR count). The molecular weight excluding hydrogens is 380 g/mol. The Hall–Kier alpha value is -3.21. The number of hydrogen-bond donors (Lipinski definition) is 2. The van der Waals surface area contributed by atoms with Crippen LogP contribution in [0.3, 0.4) is 0 Å². The monoisotopic (exact) mass is 405 g/mol. The van der Waals surface area contributed by atoms with Crippen LogP contribution in [0, 0.1) is 11.6 Å². The average Bonchev–Trinajstić information content (AvgIpc) is 3.23. The zero-order chi connectivity index (χ0) is 21.1. The van der Waals surface area contributed by atoms with E-state index in [9.17, 15) is 8.78 Å². The minimum atomic E-state index is -0.449. The van der Waals surface area contributed by atoms with Gasteiger partial charge in [0.15, 0.2) is 0 Å². The highest BCUT2D eigenvalue weighted by atomic mass is 19.1. The minimum absolute atomic E-state index is 0.232. The van der Waals surface area contributed by atoms with Crippen LogP contribution in [0.5, 0.6) is 0 Å². The molecule has 0 amide bonds. The number of halogens is 2. The van der Waals surface area contributed by atoms with Gasteiger partial charge in [0.1, 0.15) is 11.6 Å². The molecule has 1 unspecified atom stereocenters. The summed E-state index contributed by atoms with van der Waals surface area (Å²) in [5.74, 6) is -0.877. The summed E-state index contributed by atoms with van der Waals surface area (Å²) in [5.41, 5.74) is 3.81. The summed E-state index contributed by atoms with van der Waals surface area (Å²) in [5, 5.41) is 6.59. The first-order valence-electron chi connectivity index (χ1n) is 10.3. The van der Waals surface area contributed by atoms with Gasteiger partial charge >= 0.3 is 0 Å². The minimum Gasteiger partial charge on any atom is -0.386 e. The highest BCUT2D eigenvalue weighted by Gasteiger charge is 2.20. The molecule has 0 radical (unpaired) electrons. The van der Waals surface area contributed by atoms with Gasteiger partial charge in [-0.1, -0.05) is 37.3 Å². The third-order valence-electron chi connectivity index (χ3n) is 5.55. The molecule has 2 N–H and O–H groups in total. The lowest BCUT2D eigenvalue weighted by atomic mass is 9.98. The molecule has 3 aromatic rings. The first-order chi connectivity index (χ1) is 14.5. The van der Waals surface area contributed by atoms with Crippen LogP contribution in [0.15, 0.2) is 72.7 Å². The molecule has 30 heavy (non-hydrogen) atoms. The van der Waals surface area contributed by atoms with Gasteiger partial charge in [0, 0.05) is 47.2 Å². The number of pyridine rings is 1. The molecule has 0 aliphatic carbocycles. The van der Waals surface area contributed by atoms with E-state index in [2.05, 4.69) is 22.5 Å². The van der Waals surface area contributed by atoms with E-state index in [1.807, 2.05) is 43.5 Å². The molecule has 1 aromatic heterocycles. The molecule has 2 heterocycles. The van der Waals surface area contributed by atoms with E-state index in [4.69, 9.17) is 0 Å². The molecule has 1 aliphatic rings. The fourth-order valence-corrected chi connectivity index (χ4v) is 3.80. The highest BCUT2D eigenvalue weighted by Crippen LogP contribution is 2.31. The van der Waals surface area contributed by atoms with Crippen LogP contribution in [-0.4, -0.2) is 11.0 Å². The van der Waals surface area contributed by atoms with Crippen LogP contribution in [0.25, 0.3) is 22.4 Å². The number of hydrogen-bond acceptors (Lipinski definition) is 3. The standard InChI is InChI=1S/C25H25F2N3/c1-3-19-12-20(15-29-19)30-16(2)21-13-24(27)22(14-23(21)26)18-9-10-28-25(11-18)17-7-5-4-6-8-17/h4-11,13-16,19,29-30H,3,12H2,1-2H3/t16?,19-/m0/s1. The Kier molecular flexibility index (Phi) is 5.79. The summed E-state index contributed by atoms with van der Waals surface area (Å²) in [4.78, 5) is 4.37. The average molecular weight is 405 g/mol. The second kappa shape index (κ2) is 8.66. The molecule has 2 aromatic carbocycles. The van der Waals surface area contributed by atoms with E-state index in [0.717, 1.165) is 29.8 Å². The smallest absolute Gasteiger partial charge is 0.131 e. The maximum Gasteiger partial charge on any atom is 0.131 e. The fourth-order valence-electron chi connectivity index (χ4n) is 3.80. The number of benzene rings is 2. The Morgan fingerprint density at radius 3 is 2.60 bits per heavy atom. The van der Waals surface area contributed by atoms with Crippen molar-refractivity contribution < 1.29 is 8.78 Å². The predicted molar refractivity (Wildman–Crippen MR) is 116 cm³/mol. The Balaban J connectivity index is 1.59. The van der Waals surface area contributed by atoms with Gasteiger partial charge in [-0.3, -0.25) is 4.98 Å². The van der Waals surface area contributed by atoms with Gasteiger partial charge in [0.25, 0.3) is 0 Å². The molecule has 2 atom stereocenters. The molecule has 1 aliphatic heterocycles. The van der Waals surface area contributed by atoms with Gasteiger partial charge in [-0.05, 0) is 43.2 Å². The van der Waals surface area contributed by atoms with Gasteiger partial charge in [0.05, 0.1) is 11.7 Å². The van der Waals surface area contributed by atoms with E-state index in [-0.39, 0.29) is 11.6 Å². The Bertz CT molecular complexity index is 1060. The van der Waals surface area contributed by atoms with E-state index >= 15 is 0 Å². The summed E-state index contributed by atoms with van der Waals surface area (Å²) in [6.07, 6.45) is 5.43. The summed E-state index contributed by atoms with van der Waals surface area (Å²) in [6, 6.07) is 15.8. The summed E-state index contributed by atoms with van der Waals surface area (Å²) in [6.45, 7) is 3.96. The van der Waals surface area contributed by atoms with Crippen molar-refractivity contribution in [3.05, 3.63) is 89.9 Å². The van der Waals surface area contributed by atoms with Crippen LogP contribution in [0.1, 0.15) is 38.3 Å². The van der Waals surface area contributed by atoms with Crippen molar-refractivity contribution >= 4 is 0 Å². The molecule has 0 bridgehead atoms. The van der Waals surface area contributed by atoms with Crippen LogP contribution in [0.2, 0.25) is 0 Å². The van der Waals surface area contributed by atoms with Crippen molar-refractivity contribution in [3.8, 4) is 22.4 Å². The van der Waals surface area contributed by atoms with E-state index in [0.29, 0.717) is 17.2 Å². The zero-order valence-corrected chi connectivity index (χ0v) is 17.1. The third-order valence-corrected chi connectivity index (χ3v) is 5.55. The lowest BCUT2D eigenvalue weighted by molar-refractivity contribution is 0.535. The molecular formula is C25H25F2N3. The highest BCUT2D eigenvalue weighted by molar-refractivity contribution is 5.71. The number of rotatable bonds is 6. The first kappa shape index (κ1) is 20.1.